The summed E-state index contributed by atoms with van der Waals surface area (Å²) in [6, 6.07) is 6.52. The van der Waals surface area contributed by atoms with Crippen LogP contribution in [0.4, 0.5) is 0 Å². The van der Waals surface area contributed by atoms with Crippen molar-refractivity contribution >= 4 is 46.6 Å². The molecule has 0 radical (unpaired) electrons. The van der Waals surface area contributed by atoms with Crippen molar-refractivity contribution < 1.29 is 28.7 Å². The average Bonchev–Trinajstić information content (AvgIpc) is 3.60. The molecule has 0 saturated carbocycles. The lowest BCUT2D eigenvalue weighted by molar-refractivity contribution is -0.157. The number of esters is 1. The number of carbonyl (C=O) groups excluding carboxylic acids is 5. The zero-order valence-electron chi connectivity index (χ0n) is 27.9. The Bertz CT molecular complexity index is 1560. The van der Waals surface area contributed by atoms with E-state index in [4.69, 9.17) is 9.72 Å². The fourth-order valence-corrected chi connectivity index (χ4v) is 6.07. The maximum Gasteiger partial charge on any atom is 0.325 e. The van der Waals surface area contributed by atoms with Crippen LogP contribution in [0.25, 0.3) is 17.0 Å². The predicted octanol–water partition coefficient (Wildman–Crippen LogP) is 3.03. The van der Waals surface area contributed by atoms with Crippen LogP contribution in [0.5, 0.6) is 0 Å². The van der Waals surface area contributed by atoms with E-state index in [1.807, 2.05) is 36.4 Å². The smallest absolute Gasteiger partial charge is 0.325 e. The number of fused-ring (bicyclic) bond motifs is 4. The first-order chi connectivity index (χ1) is 22.3. The molecule has 3 N–H and O–H groups in total. The lowest BCUT2D eigenvalue weighted by Gasteiger charge is -2.36. The summed E-state index contributed by atoms with van der Waals surface area (Å²) in [5.41, 5.74) is 4.10. The molecule has 5 rings (SSSR count). The number of rotatable bonds is 3. The van der Waals surface area contributed by atoms with E-state index in [2.05, 4.69) is 16.1 Å². The van der Waals surface area contributed by atoms with E-state index in [-0.39, 0.29) is 30.7 Å². The minimum absolute atomic E-state index is 0.238. The summed E-state index contributed by atoms with van der Waals surface area (Å²) >= 11 is 0. The minimum Gasteiger partial charge on any atom is -0.455 e. The number of cyclic esters (lactones) is 1. The van der Waals surface area contributed by atoms with Crippen molar-refractivity contribution in [3.63, 3.8) is 0 Å². The monoisotopic (exact) mass is 646 g/mol. The van der Waals surface area contributed by atoms with Gasteiger partial charge in [0.1, 0.15) is 24.2 Å². The highest BCUT2D eigenvalue weighted by Gasteiger charge is 2.38. The van der Waals surface area contributed by atoms with Gasteiger partial charge in [-0.3, -0.25) is 29.0 Å². The Morgan fingerprint density at radius 2 is 1.74 bits per heavy atom. The van der Waals surface area contributed by atoms with E-state index in [1.165, 1.54) is 5.01 Å². The molecule has 12 nitrogen and oxygen atoms in total. The first kappa shape index (κ1) is 34.0. The Morgan fingerprint density at radius 3 is 2.47 bits per heavy atom. The molecule has 0 aliphatic carbocycles. The van der Waals surface area contributed by atoms with Crippen molar-refractivity contribution in [2.75, 3.05) is 19.6 Å². The van der Waals surface area contributed by atoms with Crippen LogP contribution in [0.3, 0.4) is 0 Å². The highest BCUT2D eigenvalue weighted by Crippen LogP contribution is 2.25. The summed E-state index contributed by atoms with van der Waals surface area (Å²) in [4.78, 5) is 74.4. The Labute approximate surface area is 275 Å². The fourth-order valence-electron chi connectivity index (χ4n) is 6.07. The van der Waals surface area contributed by atoms with Gasteiger partial charge in [0.15, 0.2) is 0 Å². The number of nitrogens with zero attached hydrogens (tertiary/aromatic N) is 3. The molecule has 1 unspecified atom stereocenters. The Morgan fingerprint density at radius 1 is 1.02 bits per heavy atom. The summed E-state index contributed by atoms with van der Waals surface area (Å²) in [6.07, 6.45) is 5.43. The van der Waals surface area contributed by atoms with E-state index in [9.17, 15) is 24.0 Å². The van der Waals surface area contributed by atoms with Crippen LogP contribution >= 0.6 is 0 Å². The van der Waals surface area contributed by atoms with Crippen molar-refractivity contribution in [1.82, 2.24) is 31.0 Å². The number of ether oxygens (including phenoxy) is 1. The van der Waals surface area contributed by atoms with Gasteiger partial charge in [0, 0.05) is 25.0 Å². The average molecular weight is 647 g/mol. The lowest BCUT2D eigenvalue weighted by atomic mass is 9.89. The highest BCUT2D eigenvalue weighted by atomic mass is 16.5. The number of amides is 4. The second-order valence-corrected chi connectivity index (χ2v) is 13.7. The van der Waals surface area contributed by atoms with E-state index in [0.29, 0.717) is 37.1 Å². The zero-order chi connectivity index (χ0) is 33.9. The van der Waals surface area contributed by atoms with Gasteiger partial charge >= 0.3 is 5.97 Å². The van der Waals surface area contributed by atoms with Crippen LogP contribution < -0.4 is 16.1 Å². The molecular formula is C35H46N6O6. The van der Waals surface area contributed by atoms with Crippen LogP contribution in [0.15, 0.2) is 36.4 Å². The third kappa shape index (κ3) is 7.98. The number of hydrogen-bond donors (Lipinski definition) is 3. The van der Waals surface area contributed by atoms with Gasteiger partial charge in [0.25, 0.3) is 5.91 Å². The molecule has 3 aliphatic heterocycles. The van der Waals surface area contributed by atoms with E-state index < -0.39 is 47.4 Å². The third-order valence-electron chi connectivity index (χ3n) is 9.15. The highest BCUT2D eigenvalue weighted by molar-refractivity contribution is 5.96. The van der Waals surface area contributed by atoms with Gasteiger partial charge in [0.05, 0.1) is 23.0 Å². The number of pyridine rings is 1. The molecule has 2 aromatic rings. The maximum absolute atomic E-state index is 14.0. The molecule has 2 saturated heterocycles. The summed E-state index contributed by atoms with van der Waals surface area (Å²) < 4.78 is 5.82. The predicted molar refractivity (Wildman–Crippen MR) is 176 cm³/mol. The first-order valence-corrected chi connectivity index (χ1v) is 16.6. The molecule has 4 atom stereocenters. The van der Waals surface area contributed by atoms with Crippen LogP contribution in [0.2, 0.25) is 0 Å². The van der Waals surface area contributed by atoms with E-state index in [1.54, 1.807) is 45.6 Å². The standard InChI is InChI=1S/C35H46N6O6/c1-21(2)30-31(43)37-28(20-29(42)40-16-6-7-17-40)32(44)41-18-8-9-26(39-41)33(45)47-22(3)25-13-12-24-11-10-23(19-27(24)36-25)14-15-35(4,5)34(46)38-30/h10-15,19,21-22,26,28,30,39H,6-9,16-18,20H2,1-5H3,(H,37,43)(H,38,46)/t22-,26?,28+,30+/m1/s1. The number of aromatic nitrogens is 1. The van der Waals surface area contributed by atoms with Crippen LogP contribution in [0.1, 0.15) is 84.1 Å². The van der Waals surface area contributed by atoms with Gasteiger partial charge in [-0.15, -0.1) is 0 Å². The number of likely N-dealkylation sites (tertiary alicyclic amines) is 1. The van der Waals surface area contributed by atoms with Crippen molar-refractivity contribution in [3.8, 4) is 0 Å². The zero-order valence-corrected chi connectivity index (χ0v) is 27.9. The summed E-state index contributed by atoms with van der Waals surface area (Å²) in [6.45, 7) is 10.4. The topological polar surface area (TPSA) is 150 Å². The molecule has 3 aliphatic rings. The number of hydrogen-bond acceptors (Lipinski definition) is 8. The molecule has 2 fully saturated rings. The van der Waals surface area contributed by atoms with Crippen molar-refractivity contribution in [2.24, 2.45) is 11.3 Å². The quantitative estimate of drug-likeness (QED) is 0.431. The number of benzene rings is 1. The molecule has 252 valence electrons. The third-order valence-corrected chi connectivity index (χ3v) is 9.15. The largest absolute Gasteiger partial charge is 0.455 e. The van der Waals surface area contributed by atoms with Crippen molar-refractivity contribution in [1.29, 1.82) is 0 Å². The fraction of sp³-hybridized carbons (Fsp3) is 0.543. The van der Waals surface area contributed by atoms with Gasteiger partial charge in [-0.2, -0.15) is 0 Å². The summed E-state index contributed by atoms with van der Waals surface area (Å²) in [5, 5.41) is 7.88. The molecule has 4 amide bonds. The molecule has 5 bridgehead atoms. The van der Waals surface area contributed by atoms with Crippen LogP contribution in [-0.4, -0.2) is 82.3 Å². The first-order valence-electron chi connectivity index (χ1n) is 16.6. The second kappa shape index (κ2) is 14.2. The SMILES string of the molecule is CC(C)[C@@H]1NC(=O)C(C)(C)C=Cc2ccc3ccc(nc3c2)[C@@H](C)OC(=O)C2CCCN(N2)C(=O)[C@H](CC(=O)N2CCCC2)NC1=O. The number of nitrogens with one attached hydrogen (secondary N) is 3. The van der Waals surface area contributed by atoms with E-state index >= 15 is 0 Å². The van der Waals surface area contributed by atoms with E-state index in [0.717, 1.165) is 23.8 Å². The normalized spacial score (nSPS) is 25.9. The minimum atomic E-state index is -1.21. The Kier molecular flexibility index (Phi) is 10.3. The molecule has 12 heteroatoms. The Hall–Kier alpha value is -4.32. The Balaban J connectivity index is 1.50. The maximum atomic E-state index is 14.0. The summed E-state index contributed by atoms with van der Waals surface area (Å²) in [5.74, 6) is -2.55. The lowest BCUT2D eigenvalue weighted by Crippen LogP contribution is -2.62. The van der Waals surface area contributed by atoms with Gasteiger partial charge in [0.2, 0.25) is 17.7 Å². The van der Waals surface area contributed by atoms with Crippen molar-refractivity contribution in [3.05, 3.63) is 47.7 Å². The number of carbonyl (C=O) groups is 5. The van der Waals surface area contributed by atoms with Gasteiger partial charge in [-0.25, -0.2) is 10.4 Å². The molecule has 1 aromatic heterocycles. The molecule has 0 spiro atoms. The summed E-state index contributed by atoms with van der Waals surface area (Å²) in [7, 11) is 0. The molecule has 47 heavy (non-hydrogen) atoms. The van der Waals surface area contributed by atoms with Crippen LogP contribution in [0, 0.1) is 11.3 Å². The van der Waals surface area contributed by atoms with Gasteiger partial charge in [-0.1, -0.05) is 44.2 Å². The van der Waals surface area contributed by atoms with Gasteiger partial charge < -0.3 is 20.3 Å². The van der Waals surface area contributed by atoms with Crippen LogP contribution in [-0.2, 0) is 28.7 Å². The second-order valence-electron chi connectivity index (χ2n) is 13.7. The molecule has 1 aromatic carbocycles. The number of hydrazine groups is 1. The van der Waals surface area contributed by atoms with Crippen molar-refractivity contribution in [2.45, 2.75) is 91.0 Å². The molecule has 4 heterocycles. The molecular weight excluding hydrogens is 600 g/mol. The van der Waals surface area contributed by atoms with Gasteiger partial charge in [-0.05, 0) is 70.1 Å².